The van der Waals surface area contributed by atoms with Crippen LogP contribution in [-0.2, 0) is 15.3 Å². The van der Waals surface area contributed by atoms with Gasteiger partial charge in [0.2, 0.25) is 11.8 Å². The fraction of sp³-hybridized carbons (Fsp3) is 0.222. The Bertz CT molecular complexity index is 694. The van der Waals surface area contributed by atoms with Crippen LogP contribution in [0.4, 0.5) is 5.69 Å². The average molecular weight is 407 g/mol. The first-order valence-corrected chi connectivity index (χ1v) is 9.41. The maximum atomic E-state index is 12.1. The largest absolute Gasteiger partial charge is 0.336 e. The number of nitrogens with one attached hydrogen (secondary N) is 1. The Morgan fingerprint density at radius 3 is 2.46 bits per heavy atom. The molecule has 1 N–H and O–H groups in total. The van der Waals surface area contributed by atoms with Gasteiger partial charge in [-0.1, -0.05) is 42.5 Å². The number of thioether (sulfide) groups is 1. The van der Waals surface area contributed by atoms with Crippen LogP contribution in [0, 0.1) is 0 Å². The monoisotopic (exact) mass is 406 g/mol. The van der Waals surface area contributed by atoms with Crippen LogP contribution >= 0.6 is 27.7 Å². The second-order valence-corrected chi connectivity index (χ2v) is 7.10. The molecule has 0 radical (unpaired) electrons. The van der Waals surface area contributed by atoms with Crippen LogP contribution in [0.2, 0.25) is 0 Å². The predicted octanol–water partition coefficient (Wildman–Crippen LogP) is 3.78. The number of hydrogen-bond acceptors (Lipinski definition) is 3. The summed E-state index contributed by atoms with van der Waals surface area (Å²) in [6.07, 6.45) is 0. The third kappa shape index (κ3) is 6.02. The van der Waals surface area contributed by atoms with E-state index in [0.29, 0.717) is 11.4 Å². The Balaban J connectivity index is 1.74. The summed E-state index contributed by atoms with van der Waals surface area (Å²) in [6.45, 7) is 0.0338. The van der Waals surface area contributed by atoms with E-state index in [9.17, 15) is 9.59 Å². The topological polar surface area (TPSA) is 49.4 Å². The molecule has 0 saturated heterocycles. The van der Waals surface area contributed by atoms with E-state index < -0.39 is 0 Å². The number of benzene rings is 2. The number of carbonyl (C=O) groups excluding carboxylic acids is 2. The number of para-hydroxylation sites is 1. The zero-order valence-corrected chi connectivity index (χ0v) is 15.8. The Morgan fingerprint density at radius 1 is 1.08 bits per heavy atom. The molecule has 0 bridgehead atoms. The Labute approximate surface area is 154 Å². The lowest BCUT2D eigenvalue weighted by Crippen LogP contribution is -2.36. The summed E-state index contributed by atoms with van der Waals surface area (Å²) >= 11 is 4.92. The molecule has 2 amide bonds. The highest BCUT2D eigenvalue weighted by Gasteiger charge is 2.13. The van der Waals surface area contributed by atoms with E-state index >= 15 is 0 Å². The molecule has 0 saturated carbocycles. The molecule has 0 atom stereocenters. The van der Waals surface area contributed by atoms with Gasteiger partial charge in [-0.05, 0) is 33.6 Å². The lowest BCUT2D eigenvalue weighted by Gasteiger charge is -2.17. The van der Waals surface area contributed by atoms with Crippen LogP contribution in [0.1, 0.15) is 5.56 Å². The Morgan fingerprint density at radius 2 is 1.75 bits per heavy atom. The van der Waals surface area contributed by atoms with E-state index in [0.717, 1.165) is 10.2 Å². The summed E-state index contributed by atoms with van der Waals surface area (Å²) in [7, 11) is 1.64. The summed E-state index contributed by atoms with van der Waals surface area (Å²) in [5, 5.41) is 2.79. The van der Waals surface area contributed by atoms with Crippen LogP contribution < -0.4 is 5.32 Å². The lowest BCUT2D eigenvalue weighted by atomic mass is 10.2. The first kappa shape index (κ1) is 18.5. The smallest absolute Gasteiger partial charge is 0.244 e. The zero-order valence-electron chi connectivity index (χ0n) is 13.4. The quantitative estimate of drug-likeness (QED) is 0.760. The van der Waals surface area contributed by atoms with Crippen LogP contribution in [0.5, 0.6) is 0 Å². The molecule has 0 fully saturated rings. The molecule has 6 heteroatoms. The molecule has 0 heterocycles. The summed E-state index contributed by atoms with van der Waals surface area (Å²) in [5.41, 5.74) is 1.88. The van der Waals surface area contributed by atoms with E-state index in [1.54, 1.807) is 24.9 Å². The van der Waals surface area contributed by atoms with Crippen LogP contribution in [0.25, 0.3) is 0 Å². The molecule has 126 valence electrons. The average Bonchev–Trinajstić information content (AvgIpc) is 2.57. The van der Waals surface area contributed by atoms with Gasteiger partial charge in [0, 0.05) is 17.3 Å². The Hall–Kier alpha value is -1.79. The number of nitrogens with zero attached hydrogens (tertiary/aromatic N) is 1. The summed E-state index contributed by atoms with van der Waals surface area (Å²) in [4.78, 5) is 25.6. The second-order valence-electron chi connectivity index (χ2n) is 5.26. The minimum atomic E-state index is -0.217. The fourth-order valence-corrected chi connectivity index (χ4v) is 3.31. The van der Waals surface area contributed by atoms with E-state index in [4.69, 9.17) is 0 Å². The van der Waals surface area contributed by atoms with Crippen LogP contribution in [0.3, 0.4) is 0 Å². The highest BCUT2D eigenvalue weighted by Crippen LogP contribution is 2.21. The van der Waals surface area contributed by atoms with Crippen molar-refractivity contribution in [1.82, 2.24) is 4.90 Å². The van der Waals surface area contributed by atoms with Crippen molar-refractivity contribution in [2.45, 2.75) is 5.75 Å². The lowest BCUT2D eigenvalue weighted by molar-refractivity contribution is -0.131. The number of carbonyl (C=O) groups is 2. The first-order chi connectivity index (χ1) is 11.6. The minimum Gasteiger partial charge on any atom is -0.336 e. The normalized spacial score (nSPS) is 10.2. The van der Waals surface area contributed by atoms with Crippen molar-refractivity contribution in [3.05, 3.63) is 64.6 Å². The van der Waals surface area contributed by atoms with Gasteiger partial charge in [-0.2, -0.15) is 0 Å². The molecule has 2 aromatic carbocycles. The molecular formula is C18H19BrN2O2S. The van der Waals surface area contributed by atoms with Crippen molar-refractivity contribution >= 4 is 45.2 Å². The molecule has 0 aliphatic heterocycles. The third-order valence-corrected chi connectivity index (χ3v) is 4.97. The highest BCUT2D eigenvalue weighted by atomic mass is 79.9. The zero-order chi connectivity index (χ0) is 17.4. The maximum Gasteiger partial charge on any atom is 0.244 e. The molecule has 0 aromatic heterocycles. The molecule has 0 aliphatic carbocycles. The number of hydrogen-bond donors (Lipinski definition) is 1. The standard InChI is InChI=1S/C18H19BrN2O2S/c1-21(11-17(22)20-16-10-6-5-9-15(16)19)18(23)13-24-12-14-7-3-2-4-8-14/h2-10H,11-13H2,1H3,(H,20,22). The number of anilines is 1. The number of likely N-dealkylation sites (N-methyl/N-ethyl adjacent to an activating group) is 1. The van der Waals surface area contributed by atoms with Gasteiger partial charge in [-0.3, -0.25) is 9.59 Å². The first-order valence-electron chi connectivity index (χ1n) is 7.46. The second kappa shape index (κ2) is 9.49. The van der Waals surface area contributed by atoms with Gasteiger partial charge in [0.05, 0.1) is 18.0 Å². The summed E-state index contributed by atoms with van der Waals surface area (Å²) in [6, 6.07) is 17.4. The Kier molecular flexibility index (Phi) is 7.34. The molecule has 24 heavy (non-hydrogen) atoms. The van der Waals surface area contributed by atoms with Crippen molar-refractivity contribution in [1.29, 1.82) is 0 Å². The molecular weight excluding hydrogens is 388 g/mol. The molecule has 0 unspecified atom stereocenters. The van der Waals surface area contributed by atoms with Gasteiger partial charge in [0.25, 0.3) is 0 Å². The molecule has 0 aliphatic rings. The number of amides is 2. The minimum absolute atomic E-state index is 0.0338. The van der Waals surface area contributed by atoms with Gasteiger partial charge in [-0.25, -0.2) is 0 Å². The van der Waals surface area contributed by atoms with Crippen molar-refractivity contribution in [3.63, 3.8) is 0 Å². The maximum absolute atomic E-state index is 12.1. The molecule has 2 aromatic rings. The van der Waals surface area contributed by atoms with E-state index in [1.807, 2.05) is 48.5 Å². The van der Waals surface area contributed by atoms with Crippen molar-refractivity contribution in [2.75, 3.05) is 24.7 Å². The van der Waals surface area contributed by atoms with Crippen LogP contribution in [-0.4, -0.2) is 36.1 Å². The summed E-state index contributed by atoms with van der Waals surface area (Å²) < 4.78 is 0.811. The third-order valence-electron chi connectivity index (χ3n) is 3.29. The number of rotatable bonds is 7. The molecule has 4 nitrogen and oxygen atoms in total. The SMILES string of the molecule is CN(CC(=O)Nc1ccccc1Br)C(=O)CSCc1ccccc1. The van der Waals surface area contributed by atoms with E-state index in [-0.39, 0.29) is 18.4 Å². The molecule has 2 rings (SSSR count). The highest BCUT2D eigenvalue weighted by molar-refractivity contribution is 9.10. The van der Waals surface area contributed by atoms with E-state index in [1.165, 1.54) is 10.5 Å². The van der Waals surface area contributed by atoms with Crippen molar-refractivity contribution < 1.29 is 9.59 Å². The van der Waals surface area contributed by atoms with Gasteiger partial charge in [0.1, 0.15) is 0 Å². The van der Waals surface area contributed by atoms with Gasteiger partial charge >= 0.3 is 0 Å². The van der Waals surface area contributed by atoms with Crippen molar-refractivity contribution in [3.8, 4) is 0 Å². The van der Waals surface area contributed by atoms with Crippen LogP contribution in [0.15, 0.2) is 59.1 Å². The van der Waals surface area contributed by atoms with E-state index in [2.05, 4.69) is 21.2 Å². The number of halogens is 1. The van der Waals surface area contributed by atoms with Gasteiger partial charge in [0.15, 0.2) is 0 Å². The predicted molar refractivity (Wildman–Crippen MR) is 103 cm³/mol. The van der Waals surface area contributed by atoms with Gasteiger partial charge in [-0.15, -0.1) is 11.8 Å². The van der Waals surface area contributed by atoms with Crippen molar-refractivity contribution in [2.24, 2.45) is 0 Å². The molecule has 0 spiro atoms. The summed E-state index contributed by atoms with van der Waals surface area (Å²) in [5.74, 6) is 0.862. The fourth-order valence-electron chi connectivity index (χ4n) is 2.00. The van der Waals surface area contributed by atoms with Gasteiger partial charge < -0.3 is 10.2 Å².